The SMILES string of the molecule is Cn1c(SCCc2ccccc2)nc2ccccc21. The zero-order valence-corrected chi connectivity index (χ0v) is 11.7. The lowest BCUT2D eigenvalue weighted by molar-refractivity contribution is 0.814. The third-order valence-electron chi connectivity index (χ3n) is 3.21. The highest BCUT2D eigenvalue weighted by Crippen LogP contribution is 2.23. The maximum Gasteiger partial charge on any atom is 0.168 e. The molecule has 19 heavy (non-hydrogen) atoms. The highest BCUT2D eigenvalue weighted by Gasteiger charge is 2.07. The first-order chi connectivity index (χ1) is 9.34. The molecule has 3 rings (SSSR count). The van der Waals surface area contributed by atoms with Gasteiger partial charge in [-0.25, -0.2) is 4.98 Å². The summed E-state index contributed by atoms with van der Waals surface area (Å²) in [4.78, 5) is 4.67. The predicted molar refractivity (Wildman–Crippen MR) is 81.6 cm³/mol. The van der Waals surface area contributed by atoms with E-state index in [0.717, 1.165) is 22.8 Å². The van der Waals surface area contributed by atoms with Crippen molar-refractivity contribution in [1.82, 2.24) is 9.55 Å². The number of rotatable bonds is 4. The standard InChI is InChI=1S/C16H16N2S/c1-18-15-10-6-5-9-14(15)17-16(18)19-12-11-13-7-3-2-4-8-13/h2-10H,11-12H2,1H3. The molecule has 0 N–H and O–H groups in total. The third kappa shape index (κ3) is 2.66. The first-order valence-electron chi connectivity index (χ1n) is 6.43. The van der Waals surface area contributed by atoms with Crippen LogP contribution in [0.1, 0.15) is 5.56 Å². The van der Waals surface area contributed by atoms with Crippen molar-refractivity contribution >= 4 is 22.8 Å². The minimum Gasteiger partial charge on any atom is -0.322 e. The molecule has 0 radical (unpaired) electrons. The van der Waals surface area contributed by atoms with Crippen LogP contribution in [0.5, 0.6) is 0 Å². The largest absolute Gasteiger partial charge is 0.322 e. The minimum absolute atomic E-state index is 1.06. The Morgan fingerprint density at radius 2 is 1.74 bits per heavy atom. The fourth-order valence-electron chi connectivity index (χ4n) is 2.16. The summed E-state index contributed by atoms with van der Waals surface area (Å²) < 4.78 is 2.17. The van der Waals surface area contributed by atoms with Crippen molar-refractivity contribution in [2.45, 2.75) is 11.6 Å². The summed E-state index contributed by atoms with van der Waals surface area (Å²) in [6, 6.07) is 18.9. The Bertz CT molecular complexity index is 674. The Hall–Kier alpha value is -1.74. The molecular weight excluding hydrogens is 252 g/mol. The number of nitrogens with zero attached hydrogens (tertiary/aromatic N) is 2. The second-order valence-corrected chi connectivity index (χ2v) is 5.59. The molecular formula is C16H16N2S. The van der Waals surface area contributed by atoms with Crippen LogP contribution in [0.3, 0.4) is 0 Å². The molecule has 0 atom stereocenters. The maximum absolute atomic E-state index is 4.67. The number of aromatic nitrogens is 2. The lowest BCUT2D eigenvalue weighted by Crippen LogP contribution is -1.93. The predicted octanol–water partition coefficient (Wildman–Crippen LogP) is 3.91. The first-order valence-corrected chi connectivity index (χ1v) is 7.41. The van der Waals surface area contributed by atoms with Crippen LogP contribution in [-0.4, -0.2) is 15.3 Å². The second kappa shape index (κ2) is 5.49. The highest BCUT2D eigenvalue weighted by atomic mass is 32.2. The molecule has 3 heteroatoms. The Morgan fingerprint density at radius 3 is 2.53 bits per heavy atom. The van der Waals surface area contributed by atoms with E-state index in [4.69, 9.17) is 0 Å². The fraction of sp³-hybridized carbons (Fsp3) is 0.188. The van der Waals surface area contributed by atoms with Crippen molar-refractivity contribution in [3.05, 3.63) is 60.2 Å². The number of hydrogen-bond acceptors (Lipinski definition) is 2. The van der Waals surface area contributed by atoms with Gasteiger partial charge in [0.05, 0.1) is 11.0 Å². The molecule has 0 saturated heterocycles. The number of imidazole rings is 1. The fourth-order valence-corrected chi connectivity index (χ4v) is 3.13. The topological polar surface area (TPSA) is 17.8 Å². The van der Waals surface area contributed by atoms with Crippen LogP contribution >= 0.6 is 11.8 Å². The van der Waals surface area contributed by atoms with Gasteiger partial charge in [-0.05, 0) is 24.1 Å². The van der Waals surface area contributed by atoms with Gasteiger partial charge >= 0.3 is 0 Å². The summed E-state index contributed by atoms with van der Waals surface area (Å²) in [5.74, 6) is 1.06. The molecule has 0 unspecified atom stereocenters. The molecule has 96 valence electrons. The molecule has 2 aromatic carbocycles. The molecule has 0 aliphatic heterocycles. The van der Waals surface area contributed by atoms with Crippen molar-refractivity contribution in [2.75, 3.05) is 5.75 Å². The van der Waals surface area contributed by atoms with E-state index in [0.29, 0.717) is 0 Å². The molecule has 0 aliphatic carbocycles. The number of hydrogen-bond donors (Lipinski definition) is 0. The summed E-state index contributed by atoms with van der Waals surface area (Å²) in [6.07, 6.45) is 1.08. The molecule has 1 heterocycles. The van der Waals surface area contributed by atoms with Crippen molar-refractivity contribution in [1.29, 1.82) is 0 Å². The molecule has 3 aromatic rings. The lowest BCUT2D eigenvalue weighted by atomic mass is 10.2. The minimum atomic E-state index is 1.06. The summed E-state index contributed by atoms with van der Waals surface area (Å²) >= 11 is 1.82. The van der Waals surface area contributed by atoms with Gasteiger partial charge in [-0.3, -0.25) is 0 Å². The van der Waals surface area contributed by atoms with Crippen LogP contribution in [0.15, 0.2) is 59.8 Å². The second-order valence-electron chi connectivity index (χ2n) is 4.53. The van der Waals surface area contributed by atoms with E-state index in [2.05, 4.69) is 65.1 Å². The van der Waals surface area contributed by atoms with E-state index in [1.807, 2.05) is 17.8 Å². The Kier molecular flexibility index (Phi) is 3.56. The van der Waals surface area contributed by atoms with Crippen molar-refractivity contribution in [3.63, 3.8) is 0 Å². The van der Waals surface area contributed by atoms with Gasteiger partial charge in [0.15, 0.2) is 5.16 Å². The molecule has 1 aromatic heterocycles. The zero-order chi connectivity index (χ0) is 13.1. The van der Waals surface area contributed by atoms with Crippen LogP contribution in [0.25, 0.3) is 11.0 Å². The smallest absolute Gasteiger partial charge is 0.168 e. The molecule has 0 bridgehead atoms. The van der Waals surface area contributed by atoms with Gasteiger partial charge in [0.25, 0.3) is 0 Å². The van der Waals surface area contributed by atoms with E-state index >= 15 is 0 Å². The summed E-state index contributed by atoms with van der Waals surface area (Å²) in [7, 11) is 2.08. The average molecular weight is 268 g/mol. The van der Waals surface area contributed by atoms with Gasteiger partial charge in [0.1, 0.15) is 0 Å². The molecule has 0 saturated carbocycles. The Balaban J connectivity index is 1.70. The number of benzene rings is 2. The zero-order valence-electron chi connectivity index (χ0n) is 10.9. The van der Waals surface area contributed by atoms with Crippen LogP contribution in [0.2, 0.25) is 0 Å². The summed E-state index contributed by atoms with van der Waals surface area (Å²) in [6.45, 7) is 0. The van der Waals surface area contributed by atoms with Gasteiger partial charge in [-0.2, -0.15) is 0 Å². The summed E-state index contributed by atoms with van der Waals surface area (Å²) in [5, 5.41) is 1.09. The molecule has 0 amide bonds. The number of para-hydroxylation sites is 2. The van der Waals surface area contributed by atoms with E-state index in [1.54, 1.807) is 0 Å². The highest BCUT2D eigenvalue weighted by molar-refractivity contribution is 7.99. The third-order valence-corrected chi connectivity index (χ3v) is 4.24. The van der Waals surface area contributed by atoms with E-state index < -0.39 is 0 Å². The first kappa shape index (κ1) is 12.3. The van der Waals surface area contributed by atoms with E-state index in [-0.39, 0.29) is 0 Å². The van der Waals surface area contributed by atoms with Gasteiger partial charge in [0, 0.05) is 12.8 Å². The van der Waals surface area contributed by atoms with E-state index in [9.17, 15) is 0 Å². The number of thioether (sulfide) groups is 1. The van der Waals surface area contributed by atoms with Crippen molar-refractivity contribution in [2.24, 2.45) is 7.05 Å². The average Bonchev–Trinajstić information content (AvgIpc) is 2.78. The number of fused-ring (bicyclic) bond motifs is 1. The monoisotopic (exact) mass is 268 g/mol. The van der Waals surface area contributed by atoms with Gasteiger partial charge in [-0.15, -0.1) is 0 Å². The quantitative estimate of drug-likeness (QED) is 0.668. The van der Waals surface area contributed by atoms with Crippen molar-refractivity contribution < 1.29 is 0 Å². The Labute approximate surface area is 117 Å². The van der Waals surface area contributed by atoms with Crippen LogP contribution < -0.4 is 0 Å². The van der Waals surface area contributed by atoms with Gasteiger partial charge < -0.3 is 4.57 Å². The van der Waals surface area contributed by atoms with Crippen LogP contribution in [0.4, 0.5) is 0 Å². The molecule has 0 aliphatic rings. The normalized spacial score (nSPS) is 11.0. The lowest BCUT2D eigenvalue weighted by Gasteiger charge is -2.02. The van der Waals surface area contributed by atoms with E-state index in [1.165, 1.54) is 11.1 Å². The van der Waals surface area contributed by atoms with Gasteiger partial charge in [0.2, 0.25) is 0 Å². The molecule has 2 nitrogen and oxygen atoms in total. The van der Waals surface area contributed by atoms with Crippen LogP contribution in [-0.2, 0) is 13.5 Å². The summed E-state index contributed by atoms with van der Waals surface area (Å²) in [5.41, 5.74) is 3.66. The molecule has 0 fully saturated rings. The Morgan fingerprint density at radius 1 is 1.00 bits per heavy atom. The number of aryl methyl sites for hydroxylation is 2. The van der Waals surface area contributed by atoms with Gasteiger partial charge in [-0.1, -0.05) is 54.2 Å². The van der Waals surface area contributed by atoms with Crippen LogP contribution in [0, 0.1) is 0 Å². The van der Waals surface area contributed by atoms with Crippen molar-refractivity contribution in [3.8, 4) is 0 Å². The molecule has 0 spiro atoms. The maximum atomic E-state index is 4.67.